The van der Waals surface area contributed by atoms with Crippen LogP contribution in [0.5, 0.6) is 11.5 Å². The molecule has 2 amide bonds. The molecule has 3 aromatic carbocycles. The molecule has 0 atom stereocenters. The van der Waals surface area contributed by atoms with Crippen molar-refractivity contribution in [2.75, 3.05) is 24.4 Å². The fourth-order valence-electron chi connectivity index (χ4n) is 2.89. The molecule has 2 N–H and O–H groups in total. The normalized spacial score (nSPS) is 10.6. The number of rotatable bonds is 8. The van der Waals surface area contributed by atoms with E-state index in [1.165, 1.54) is 6.08 Å². The van der Waals surface area contributed by atoms with Crippen molar-refractivity contribution < 1.29 is 19.1 Å². The number of hydrogen-bond donors (Lipinski definition) is 2. The van der Waals surface area contributed by atoms with E-state index in [1.54, 1.807) is 67.8 Å². The number of nitriles is 1. The summed E-state index contributed by atoms with van der Waals surface area (Å²) in [7, 11) is 1.57. The molecule has 3 rings (SSSR count). The Bertz CT molecular complexity index is 1190. The maximum Gasteiger partial charge on any atom is 0.266 e. The first-order chi connectivity index (χ1) is 16.0. The van der Waals surface area contributed by atoms with Gasteiger partial charge in [0.2, 0.25) is 0 Å². The first-order valence-electron chi connectivity index (χ1n) is 10.1. The average Bonchev–Trinajstić information content (AvgIpc) is 2.83. The number of amides is 2. The molecule has 0 spiro atoms. The largest absolute Gasteiger partial charge is 0.497 e. The Labute approximate surface area is 192 Å². The number of aryl methyl sites for hydroxylation is 1. The fourth-order valence-corrected chi connectivity index (χ4v) is 2.89. The number of carbonyl (C=O) groups is 2. The molecule has 33 heavy (non-hydrogen) atoms. The molecule has 0 fully saturated rings. The van der Waals surface area contributed by atoms with Crippen LogP contribution in [0, 0.1) is 18.3 Å². The van der Waals surface area contributed by atoms with Gasteiger partial charge in [-0.2, -0.15) is 5.26 Å². The third-order valence-corrected chi connectivity index (χ3v) is 4.63. The van der Waals surface area contributed by atoms with E-state index in [4.69, 9.17) is 9.47 Å². The summed E-state index contributed by atoms with van der Waals surface area (Å²) in [6.07, 6.45) is 1.43. The minimum absolute atomic E-state index is 0.0886. The average molecular weight is 441 g/mol. The Kier molecular flexibility index (Phi) is 7.81. The van der Waals surface area contributed by atoms with Gasteiger partial charge in [-0.05, 0) is 55.5 Å². The Hall–Kier alpha value is -4.57. The second-order valence-corrected chi connectivity index (χ2v) is 7.09. The lowest BCUT2D eigenvalue weighted by Crippen LogP contribution is -2.20. The molecular weight excluding hydrogens is 418 g/mol. The van der Waals surface area contributed by atoms with Crippen LogP contribution >= 0.6 is 0 Å². The monoisotopic (exact) mass is 441 g/mol. The number of carbonyl (C=O) groups excluding carboxylic acids is 2. The van der Waals surface area contributed by atoms with Crippen molar-refractivity contribution in [3.05, 3.63) is 89.5 Å². The van der Waals surface area contributed by atoms with Gasteiger partial charge in [-0.3, -0.25) is 9.59 Å². The number of ether oxygens (including phenoxy) is 2. The SMILES string of the molecule is COc1ccc(NC(=O)COc2ccccc2/C=C(/C#N)C(=O)Nc2ccc(C)cc2)cc1. The van der Waals surface area contributed by atoms with Crippen molar-refractivity contribution in [2.45, 2.75) is 6.92 Å². The summed E-state index contributed by atoms with van der Waals surface area (Å²) >= 11 is 0. The fraction of sp³-hybridized carbons (Fsp3) is 0.115. The molecule has 0 bridgehead atoms. The highest BCUT2D eigenvalue weighted by atomic mass is 16.5. The minimum Gasteiger partial charge on any atom is -0.497 e. The molecule has 0 radical (unpaired) electrons. The smallest absolute Gasteiger partial charge is 0.266 e. The van der Waals surface area contributed by atoms with Gasteiger partial charge in [-0.1, -0.05) is 35.9 Å². The predicted octanol–water partition coefficient (Wildman–Crippen LogP) is 4.57. The first-order valence-corrected chi connectivity index (χ1v) is 10.1. The molecule has 7 nitrogen and oxygen atoms in total. The van der Waals surface area contributed by atoms with Gasteiger partial charge in [0.05, 0.1) is 7.11 Å². The Balaban J connectivity index is 1.67. The van der Waals surface area contributed by atoms with Crippen LogP contribution in [0.4, 0.5) is 11.4 Å². The highest BCUT2D eigenvalue weighted by Crippen LogP contribution is 2.22. The van der Waals surface area contributed by atoms with E-state index in [2.05, 4.69) is 10.6 Å². The third kappa shape index (κ3) is 6.71. The predicted molar refractivity (Wildman–Crippen MR) is 127 cm³/mol. The Morgan fingerprint density at radius 3 is 2.24 bits per heavy atom. The van der Waals surface area contributed by atoms with Crippen molar-refractivity contribution in [2.24, 2.45) is 0 Å². The van der Waals surface area contributed by atoms with Crippen LogP contribution in [0.2, 0.25) is 0 Å². The van der Waals surface area contributed by atoms with Gasteiger partial charge >= 0.3 is 0 Å². The summed E-state index contributed by atoms with van der Waals surface area (Å²) in [6, 6.07) is 23.0. The molecule has 0 aliphatic heterocycles. The van der Waals surface area contributed by atoms with E-state index in [0.717, 1.165) is 5.56 Å². The van der Waals surface area contributed by atoms with Crippen molar-refractivity contribution in [1.82, 2.24) is 0 Å². The summed E-state index contributed by atoms with van der Waals surface area (Å²) in [5, 5.41) is 14.9. The minimum atomic E-state index is -0.534. The summed E-state index contributed by atoms with van der Waals surface area (Å²) in [5.74, 6) is 0.174. The van der Waals surface area contributed by atoms with Crippen molar-refractivity contribution >= 4 is 29.3 Å². The van der Waals surface area contributed by atoms with E-state index >= 15 is 0 Å². The highest BCUT2D eigenvalue weighted by Gasteiger charge is 2.12. The number of hydrogen-bond acceptors (Lipinski definition) is 5. The van der Waals surface area contributed by atoms with Crippen LogP contribution in [0.25, 0.3) is 6.08 Å². The Morgan fingerprint density at radius 2 is 1.58 bits per heavy atom. The van der Waals surface area contributed by atoms with Gasteiger partial charge in [-0.25, -0.2) is 0 Å². The first kappa shape index (κ1) is 23.1. The molecule has 0 heterocycles. The van der Waals surface area contributed by atoms with E-state index in [-0.39, 0.29) is 18.1 Å². The van der Waals surface area contributed by atoms with Crippen LogP contribution in [0.15, 0.2) is 78.4 Å². The van der Waals surface area contributed by atoms with Crippen LogP contribution in [0.3, 0.4) is 0 Å². The van der Waals surface area contributed by atoms with Gasteiger partial charge in [0.25, 0.3) is 11.8 Å². The zero-order valence-electron chi connectivity index (χ0n) is 18.3. The van der Waals surface area contributed by atoms with Crippen molar-refractivity contribution in [1.29, 1.82) is 5.26 Å². The maximum atomic E-state index is 12.5. The van der Waals surface area contributed by atoms with Crippen LogP contribution < -0.4 is 20.1 Å². The molecule has 0 unspecified atom stereocenters. The summed E-state index contributed by atoms with van der Waals surface area (Å²) in [4.78, 5) is 24.8. The van der Waals surface area contributed by atoms with Gasteiger partial charge in [0, 0.05) is 16.9 Å². The second-order valence-electron chi connectivity index (χ2n) is 7.09. The zero-order chi connectivity index (χ0) is 23.6. The van der Waals surface area contributed by atoms with Crippen molar-refractivity contribution in [3.8, 4) is 17.6 Å². The summed E-state index contributed by atoms with van der Waals surface area (Å²) in [5.41, 5.74) is 2.68. The van der Waals surface area contributed by atoms with Crippen LogP contribution in [0.1, 0.15) is 11.1 Å². The van der Waals surface area contributed by atoms with E-state index in [0.29, 0.717) is 28.4 Å². The molecule has 7 heteroatoms. The lowest BCUT2D eigenvalue weighted by atomic mass is 10.1. The topological polar surface area (TPSA) is 100 Å². The lowest BCUT2D eigenvalue weighted by Gasteiger charge is -2.11. The van der Waals surface area contributed by atoms with E-state index in [1.807, 2.05) is 25.1 Å². The van der Waals surface area contributed by atoms with Gasteiger partial charge in [-0.15, -0.1) is 0 Å². The standard InChI is InChI=1S/C26H23N3O4/c1-18-7-9-22(10-8-18)29-26(31)20(16-27)15-19-5-3-4-6-24(19)33-17-25(30)28-21-11-13-23(32-2)14-12-21/h3-15H,17H2,1-2H3,(H,28,30)(H,29,31)/b20-15-. The molecule has 0 aliphatic rings. The molecule has 0 aromatic heterocycles. The second kappa shape index (κ2) is 11.2. The molecule has 0 saturated heterocycles. The van der Waals surface area contributed by atoms with Crippen LogP contribution in [-0.2, 0) is 9.59 Å². The number of nitrogens with one attached hydrogen (secondary N) is 2. The van der Waals surface area contributed by atoms with Gasteiger partial charge in [0.1, 0.15) is 23.1 Å². The van der Waals surface area contributed by atoms with Gasteiger partial charge < -0.3 is 20.1 Å². The number of para-hydroxylation sites is 1. The number of methoxy groups -OCH3 is 1. The quantitative estimate of drug-likeness (QED) is 0.394. The molecule has 0 aliphatic carbocycles. The summed E-state index contributed by atoms with van der Waals surface area (Å²) in [6.45, 7) is 1.70. The zero-order valence-corrected chi connectivity index (χ0v) is 18.3. The maximum absolute atomic E-state index is 12.5. The molecular formula is C26H23N3O4. The molecule has 166 valence electrons. The van der Waals surface area contributed by atoms with Gasteiger partial charge in [0.15, 0.2) is 6.61 Å². The summed E-state index contributed by atoms with van der Waals surface area (Å²) < 4.78 is 10.7. The Morgan fingerprint density at radius 1 is 0.939 bits per heavy atom. The van der Waals surface area contributed by atoms with E-state index in [9.17, 15) is 14.9 Å². The van der Waals surface area contributed by atoms with E-state index < -0.39 is 5.91 Å². The lowest BCUT2D eigenvalue weighted by molar-refractivity contribution is -0.118. The number of benzene rings is 3. The van der Waals surface area contributed by atoms with Crippen molar-refractivity contribution in [3.63, 3.8) is 0 Å². The number of anilines is 2. The molecule has 0 saturated carbocycles. The van der Waals surface area contributed by atoms with Crippen LogP contribution in [-0.4, -0.2) is 25.5 Å². The molecule has 3 aromatic rings. The third-order valence-electron chi connectivity index (χ3n) is 4.63. The number of nitrogens with zero attached hydrogens (tertiary/aromatic N) is 1. The highest BCUT2D eigenvalue weighted by molar-refractivity contribution is 6.09.